The van der Waals surface area contributed by atoms with Crippen LogP contribution in [-0.4, -0.2) is 14.8 Å². The van der Waals surface area contributed by atoms with Gasteiger partial charge in [0.05, 0.1) is 6.54 Å². The van der Waals surface area contributed by atoms with Gasteiger partial charge in [0.15, 0.2) is 5.82 Å². The van der Waals surface area contributed by atoms with Crippen molar-refractivity contribution in [2.45, 2.75) is 33.4 Å². The van der Waals surface area contributed by atoms with Crippen LogP contribution in [-0.2, 0) is 6.54 Å². The molecule has 18 heavy (non-hydrogen) atoms. The van der Waals surface area contributed by atoms with E-state index in [0.29, 0.717) is 11.6 Å². The molecule has 2 rings (SSSR count). The molecule has 0 saturated carbocycles. The molecule has 2 N–H and O–H groups in total. The molecule has 4 nitrogen and oxygen atoms in total. The van der Waals surface area contributed by atoms with E-state index >= 15 is 0 Å². The molecule has 0 saturated heterocycles. The van der Waals surface area contributed by atoms with E-state index in [1.54, 1.807) is 0 Å². The molecule has 0 unspecified atom stereocenters. The summed E-state index contributed by atoms with van der Waals surface area (Å²) < 4.78 is 2.05. The van der Waals surface area contributed by atoms with Crippen LogP contribution in [0.5, 0.6) is 0 Å². The summed E-state index contributed by atoms with van der Waals surface area (Å²) in [4.78, 5) is 0. The Bertz CT molecular complexity index is 540. The maximum atomic E-state index is 6.09. The molecule has 1 heterocycles. The van der Waals surface area contributed by atoms with Crippen molar-refractivity contribution < 1.29 is 0 Å². The molecule has 0 spiro atoms. The number of nitrogens with zero attached hydrogens (tertiary/aromatic N) is 3. The van der Waals surface area contributed by atoms with E-state index in [4.69, 9.17) is 17.3 Å². The highest BCUT2D eigenvalue weighted by molar-refractivity contribution is 6.30. The molecule has 2 aromatic rings. The lowest BCUT2D eigenvalue weighted by Crippen LogP contribution is -2.11. The van der Waals surface area contributed by atoms with Crippen molar-refractivity contribution in [3.05, 3.63) is 34.6 Å². The average molecular weight is 265 g/mol. The van der Waals surface area contributed by atoms with Crippen molar-refractivity contribution in [1.82, 2.24) is 14.8 Å². The maximum absolute atomic E-state index is 6.09. The minimum absolute atomic E-state index is 0.257. The molecular weight excluding hydrogens is 248 g/mol. The van der Waals surface area contributed by atoms with E-state index in [-0.39, 0.29) is 6.04 Å². The Kier molecular flexibility index (Phi) is 3.68. The second-order valence-electron chi connectivity index (χ2n) is 4.62. The van der Waals surface area contributed by atoms with E-state index in [1.165, 1.54) is 0 Å². The zero-order valence-corrected chi connectivity index (χ0v) is 11.6. The number of hydrogen-bond acceptors (Lipinski definition) is 3. The van der Waals surface area contributed by atoms with Gasteiger partial charge in [-0.05, 0) is 44.5 Å². The predicted molar refractivity (Wildman–Crippen MR) is 73.5 cm³/mol. The first kappa shape index (κ1) is 13.1. The van der Waals surface area contributed by atoms with E-state index in [9.17, 15) is 0 Å². The van der Waals surface area contributed by atoms with E-state index in [2.05, 4.69) is 30.1 Å². The Morgan fingerprint density at radius 2 is 2.00 bits per heavy atom. The Labute approximate surface area is 112 Å². The quantitative estimate of drug-likeness (QED) is 0.927. The summed E-state index contributed by atoms with van der Waals surface area (Å²) in [6.45, 7) is 6.56. The van der Waals surface area contributed by atoms with Crippen LogP contribution in [0, 0.1) is 6.92 Å². The summed E-state index contributed by atoms with van der Waals surface area (Å²) >= 11 is 6.09. The van der Waals surface area contributed by atoms with Crippen LogP contribution in [0.3, 0.4) is 0 Å². The van der Waals surface area contributed by atoms with Crippen molar-refractivity contribution >= 4 is 11.6 Å². The number of hydrogen-bond donors (Lipinski definition) is 1. The molecule has 0 aliphatic heterocycles. The topological polar surface area (TPSA) is 56.7 Å². The Balaban J connectivity index is 2.60. The molecule has 0 aliphatic rings. The third kappa shape index (κ3) is 2.40. The van der Waals surface area contributed by atoms with Gasteiger partial charge >= 0.3 is 0 Å². The highest BCUT2D eigenvalue weighted by atomic mass is 35.5. The SMILES string of the molecule is Cc1cc(Cl)cc(-c2nnc(CN)n2C(C)C)c1. The molecule has 0 fully saturated rings. The van der Waals surface area contributed by atoms with Gasteiger partial charge in [-0.3, -0.25) is 0 Å². The van der Waals surface area contributed by atoms with Gasteiger partial charge in [-0.1, -0.05) is 11.6 Å². The highest BCUT2D eigenvalue weighted by Gasteiger charge is 2.15. The van der Waals surface area contributed by atoms with Gasteiger partial charge < -0.3 is 10.3 Å². The maximum Gasteiger partial charge on any atom is 0.164 e. The Morgan fingerprint density at radius 3 is 2.56 bits per heavy atom. The molecule has 0 amide bonds. The first-order valence-corrected chi connectivity index (χ1v) is 6.32. The summed E-state index contributed by atoms with van der Waals surface area (Å²) in [5.41, 5.74) is 7.77. The number of nitrogens with two attached hydrogens (primary N) is 1. The van der Waals surface area contributed by atoms with Gasteiger partial charge in [0, 0.05) is 16.6 Å². The zero-order valence-electron chi connectivity index (χ0n) is 10.8. The van der Waals surface area contributed by atoms with Crippen LogP contribution in [0.2, 0.25) is 5.02 Å². The van der Waals surface area contributed by atoms with Crippen LogP contribution in [0.25, 0.3) is 11.4 Å². The minimum Gasteiger partial charge on any atom is -0.324 e. The number of halogens is 1. The summed E-state index contributed by atoms with van der Waals surface area (Å²) in [5, 5.41) is 9.08. The van der Waals surface area contributed by atoms with Crippen LogP contribution >= 0.6 is 11.6 Å². The molecule has 0 aliphatic carbocycles. The molecular formula is C13H17ClN4. The lowest BCUT2D eigenvalue weighted by Gasteiger charge is -2.13. The van der Waals surface area contributed by atoms with Crippen LogP contribution in [0.4, 0.5) is 0 Å². The van der Waals surface area contributed by atoms with Crippen LogP contribution in [0.1, 0.15) is 31.3 Å². The van der Waals surface area contributed by atoms with Gasteiger partial charge in [-0.15, -0.1) is 10.2 Å². The summed E-state index contributed by atoms with van der Waals surface area (Å²) in [7, 11) is 0. The van der Waals surface area contributed by atoms with Crippen LogP contribution < -0.4 is 5.73 Å². The molecule has 96 valence electrons. The lowest BCUT2D eigenvalue weighted by atomic mass is 10.1. The number of aromatic nitrogens is 3. The summed E-state index contributed by atoms with van der Waals surface area (Å²) in [6, 6.07) is 6.13. The fourth-order valence-corrected chi connectivity index (χ4v) is 2.36. The first-order valence-electron chi connectivity index (χ1n) is 5.94. The molecule has 0 atom stereocenters. The van der Waals surface area contributed by atoms with Crippen molar-refractivity contribution in [1.29, 1.82) is 0 Å². The molecule has 0 bridgehead atoms. The van der Waals surface area contributed by atoms with Crippen molar-refractivity contribution in [2.24, 2.45) is 5.73 Å². The molecule has 1 aromatic carbocycles. The minimum atomic E-state index is 0.257. The monoisotopic (exact) mass is 264 g/mol. The van der Waals surface area contributed by atoms with Gasteiger partial charge in [0.2, 0.25) is 0 Å². The fraction of sp³-hybridized carbons (Fsp3) is 0.385. The summed E-state index contributed by atoms with van der Waals surface area (Å²) in [5.74, 6) is 1.61. The van der Waals surface area contributed by atoms with Gasteiger partial charge in [-0.2, -0.15) is 0 Å². The molecule has 0 radical (unpaired) electrons. The zero-order chi connectivity index (χ0) is 13.3. The third-order valence-corrected chi connectivity index (χ3v) is 2.98. The van der Waals surface area contributed by atoms with Crippen molar-refractivity contribution in [3.8, 4) is 11.4 Å². The molecule has 1 aromatic heterocycles. The summed E-state index contributed by atoms with van der Waals surface area (Å²) in [6.07, 6.45) is 0. The number of rotatable bonds is 3. The number of aryl methyl sites for hydroxylation is 1. The van der Waals surface area contributed by atoms with Gasteiger partial charge in [0.1, 0.15) is 5.82 Å². The third-order valence-electron chi connectivity index (χ3n) is 2.77. The predicted octanol–water partition coefficient (Wildman–Crippen LogP) is 2.95. The first-order chi connectivity index (χ1) is 8.52. The van der Waals surface area contributed by atoms with Gasteiger partial charge in [0.25, 0.3) is 0 Å². The lowest BCUT2D eigenvalue weighted by molar-refractivity contribution is 0.574. The largest absolute Gasteiger partial charge is 0.324 e. The highest BCUT2D eigenvalue weighted by Crippen LogP contribution is 2.26. The Hall–Kier alpha value is -1.39. The van der Waals surface area contributed by atoms with Gasteiger partial charge in [-0.25, -0.2) is 0 Å². The second kappa shape index (κ2) is 5.08. The van der Waals surface area contributed by atoms with Crippen LogP contribution in [0.15, 0.2) is 18.2 Å². The van der Waals surface area contributed by atoms with Crippen molar-refractivity contribution in [2.75, 3.05) is 0 Å². The van der Waals surface area contributed by atoms with Crippen molar-refractivity contribution in [3.63, 3.8) is 0 Å². The molecule has 5 heteroatoms. The smallest absolute Gasteiger partial charge is 0.164 e. The average Bonchev–Trinajstić information content (AvgIpc) is 2.71. The second-order valence-corrected chi connectivity index (χ2v) is 5.06. The van der Waals surface area contributed by atoms with E-state index < -0.39 is 0 Å². The normalized spacial score (nSPS) is 11.2. The fourth-order valence-electron chi connectivity index (χ4n) is 2.07. The Morgan fingerprint density at radius 1 is 1.28 bits per heavy atom. The van der Waals surface area contributed by atoms with E-state index in [0.717, 1.165) is 22.8 Å². The standard InChI is InChI=1S/C13H17ClN4/c1-8(2)18-12(7-15)16-17-13(18)10-4-9(3)5-11(14)6-10/h4-6,8H,7,15H2,1-3H3. The number of benzene rings is 1. The van der Waals surface area contributed by atoms with E-state index in [1.807, 2.05) is 23.6 Å².